The summed E-state index contributed by atoms with van der Waals surface area (Å²) >= 11 is 0. The van der Waals surface area contributed by atoms with E-state index in [2.05, 4.69) is 134 Å². The number of benzene rings is 3. The summed E-state index contributed by atoms with van der Waals surface area (Å²) in [5.41, 5.74) is 11.0. The number of rotatable bonds is 5. The van der Waals surface area contributed by atoms with Crippen LogP contribution in [0.3, 0.4) is 0 Å². The van der Waals surface area contributed by atoms with Gasteiger partial charge >= 0.3 is 6.85 Å². The third kappa shape index (κ3) is 6.04. The second kappa shape index (κ2) is 12.9. The van der Waals surface area contributed by atoms with Crippen LogP contribution in [0.25, 0.3) is 35.1 Å². The van der Waals surface area contributed by atoms with E-state index in [1.165, 1.54) is 65.8 Å². The highest BCUT2D eigenvalue weighted by Crippen LogP contribution is 2.43. The first-order valence-corrected chi connectivity index (χ1v) is 15.7. The summed E-state index contributed by atoms with van der Waals surface area (Å²) in [6, 6.07) is 20.5. The van der Waals surface area contributed by atoms with Gasteiger partial charge in [-0.2, -0.15) is 4.91 Å². The van der Waals surface area contributed by atoms with Crippen molar-refractivity contribution in [3.8, 4) is 12.3 Å². The molecule has 3 aromatic carbocycles. The van der Waals surface area contributed by atoms with Gasteiger partial charge in [0.2, 0.25) is 0 Å². The Morgan fingerprint density at radius 3 is 2.57 bits per heavy atom. The molecule has 0 heterocycles. The first kappa shape index (κ1) is 29.4. The topological polar surface area (TPSA) is 29.4 Å². The zero-order valence-corrected chi connectivity index (χ0v) is 25.9. The van der Waals surface area contributed by atoms with Crippen LogP contribution < -0.4 is 10.4 Å². The Bertz CT molecular complexity index is 1990. The number of nitrogens with zero attached hydrogens (tertiary/aromatic N) is 1. The molecule has 0 aliphatic heterocycles. The van der Waals surface area contributed by atoms with Crippen molar-refractivity contribution in [1.82, 2.24) is 0 Å². The molecular formula is C41H38BNO. The van der Waals surface area contributed by atoms with Gasteiger partial charge in [-0.25, -0.2) is 0 Å². The van der Waals surface area contributed by atoms with Crippen molar-refractivity contribution in [2.24, 2.45) is 11.0 Å². The summed E-state index contributed by atoms with van der Waals surface area (Å²) in [5, 5.41) is 8.36. The van der Waals surface area contributed by atoms with Crippen LogP contribution in [0.15, 0.2) is 118 Å². The fraction of sp³-hybridized carbons (Fsp3) is 0.220. The van der Waals surface area contributed by atoms with Gasteiger partial charge in [-0.05, 0) is 106 Å². The molecule has 3 heteroatoms. The number of nitroso groups, excluding NO2 is 1. The predicted molar refractivity (Wildman–Crippen MR) is 190 cm³/mol. The molecule has 44 heavy (non-hydrogen) atoms. The average molecular weight is 572 g/mol. The Hall–Kier alpha value is -4.68. The standard InChI is InChI=1S/C38H34BNO.C3H4/c1-25-18-36-23-30(15-16-38(36)37(25)8-5-17-39(2)40-41)29-13-14-32-22-35-24-33-19-28-7-4-3-6-26(28)9-10-27(33)11-12-31(35)21-34(32)20-29;1-3-2/h3-9,11-16,19-22,24,27,30H,10,17-18,23H2,1-2H3;1H,2H3/b8-5-;. The summed E-state index contributed by atoms with van der Waals surface area (Å²) < 4.78 is 0. The quantitative estimate of drug-likeness (QED) is 0.171. The molecule has 0 saturated carbocycles. The molecule has 2 nitrogen and oxygen atoms in total. The Morgan fingerprint density at radius 1 is 0.977 bits per heavy atom. The first-order valence-electron chi connectivity index (χ1n) is 15.7. The van der Waals surface area contributed by atoms with Gasteiger partial charge in [-0.3, -0.25) is 0 Å². The Morgan fingerprint density at radius 2 is 1.75 bits per heavy atom. The number of hydrogen-bond acceptors (Lipinski definition) is 2. The van der Waals surface area contributed by atoms with E-state index in [4.69, 9.17) is 0 Å². The fourth-order valence-electron chi connectivity index (χ4n) is 6.85. The van der Waals surface area contributed by atoms with E-state index in [0.717, 1.165) is 19.3 Å². The molecule has 0 bridgehead atoms. The van der Waals surface area contributed by atoms with E-state index in [0.29, 0.717) is 18.2 Å². The second-order valence-electron chi connectivity index (χ2n) is 12.3. The van der Waals surface area contributed by atoms with E-state index in [-0.39, 0.29) is 6.85 Å². The molecule has 4 aliphatic carbocycles. The zero-order valence-electron chi connectivity index (χ0n) is 25.9. The molecule has 2 unspecified atom stereocenters. The van der Waals surface area contributed by atoms with Crippen molar-refractivity contribution in [1.29, 1.82) is 0 Å². The average Bonchev–Trinajstić information content (AvgIpc) is 3.14. The van der Waals surface area contributed by atoms with Gasteiger partial charge in [-0.1, -0.05) is 115 Å². The summed E-state index contributed by atoms with van der Waals surface area (Å²) in [6.45, 7) is 5.58. The lowest BCUT2D eigenvalue weighted by molar-refractivity contribution is 0.792. The van der Waals surface area contributed by atoms with Crippen molar-refractivity contribution < 1.29 is 0 Å². The molecule has 216 valence electrons. The van der Waals surface area contributed by atoms with Gasteiger partial charge in [0.1, 0.15) is 0 Å². The zero-order chi connectivity index (χ0) is 30.6. The van der Waals surface area contributed by atoms with E-state index >= 15 is 0 Å². The van der Waals surface area contributed by atoms with Gasteiger partial charge in [0.15, 0.2) is 0 Å². The molecular weight excluding hydrogens is 533 g/mol. The van der Waals surface area contributed by atoms with E-state index < -0.39 is 0 Å². The van der Waals surface area contributed by atoms with Crippen LogP contribution in [0, 0.1) is 23.2 Å². The van der Waals surface area contributed by atoms with Crippen LogP contribution in [-0.4, -0.2) is 6.85 Å². The lowest BCUT2D eigenvalue weighted by Crippen LogP contribution is -2.22. The molecule has 0 amide bonds. The minimum Gasteiger partial charge on any atom is -0.168 e. The number of allylic oxidation sites excluding steroid dienone is 10. The molecule has 0 N–H and O–H groups in total. The van der Waals surface area contributed by atoms with Crippen LogP contribution >= 0.6 is 0 Å². The maximum atomic E-state index is 10.7. The Balaban J connectivity index is 0.00000110. The lowest BCUT2D eigenvalue weighted by Gasteiger charge is -2.21. The maximum Gasteiger partial charge on any atom is 0.338 e. The molecule has 0 fully saturated rings. The molecule has 0 radical (unpaired) electrons. The monoisotopic (exact) mass is 571 g/mol. The minimum atomic E-state index is -0.175. The maximum absolute atomic E-state index is 10.7. The van der Waals surface area contributed by atoms with Crippen molar-refractivity contribution in [3.63, 3.8) is 0 Å². The lowest BCUT2D eigenvalue weighted by atomic mass is 9.63. The summed E-state index contributed by atoms with van der Waals surface area (Å²) in [7, 11) is 0. The molecule has 3 aromatic rings. The van der Waals surface area contributed by atoms with E-state index in [1.807, 2.05) is 6.82 Å². The number of terminal acetylenes is 1. The van der Waals surface area contributed by atoms with Crippen molar-refractivity contribution in [2.75, 3.05) is 0 Å². The van der Waals surface area contributed by atoms with Crippen molar-refractivity contribution in [2.45, 2.75) is 52.2 Å². The third-order valence-corrected chi connectivity index (χ3v) is 9.18. The summed E-state index contributed by atoms with van der Waals surface area (Å²) in [6.07, 6.45) is 29.3. The van der Waals surface area contributed by atoms with Gasteiger partial charge in [0.25, 0.3) is 0 Å². The second-order valence-corrected chi connectivity index (χ2v) is 12.3. The number of fused-ring (bicyclic) bond motifs is 4. The van der Waals surface area contributed by atoms with E-state index in [1.54, 1.807) is 6.92 Å². The first-order chi connectivity index (χ1) is 21.5. The molecule has 0 aromatic heterocycles. The molecule has 7 rings (SSSR count). The van der Waals surface area contributed by atoms with Gasteiger partial charge in [0, 0.05) is 11.8 Å². The molecule has 2 atom stereocenters. The normalized spacial score (nSPS) is 19.6. The highest BCUT2D eigenvalue weighted by atomic mass is 16.2. The predicted octanol–water partition coefficient (Wildman–Crippen LogP) is 9.17. The SMILES string of the molecule is C#CC.CB(C/C=C\C1=C(C)CC2=C1C=CC(c1ccc3cc4c(cc3c1)C=CC1CC=c3ccccc3=CC1=C4)C2)N=O. The van der Waals surface area contributed by atoms with Crippen molar-refractivity contribution >= 4 is 41.9 Å². The van der Waals surface area contributed by atoms with Gasteiger partial charge in [0.05, 0.1) is 0 Å². The molecule has 4 aliphatic rings. The summed E-state index contributed by atoms with van der Waals surface area (Å²) in [5.74, 6) is 3.04. The van der Waals surface area contributed by atoms with E-state index in [9.17, 15) is 4.91 Å². The van der Waals surface area contributed by atoms with Gasteiger partial charge < -0.3 is 0 Å². The Labute approximate surface area is 261 Å². The van der Waals surface area contributed by atoms with Crippen LogP contribution in [0.1, 0.15) is 55.7 Å². The largest absolute Gasteiger partial charge is 0.338 e. The van der Waals surface area contributed by atoms with Crippen LogP contribution in [0.5, 0.6) is 0 Å². The van der Waals surface area contributed by atoms with Crippen LogP contribution in [-0.2, 0) is 0 Å². The minimum absolute atomic E-state index is 0.175. The van der Waals surface area contributed by atoms with Crippen molar-refractivity contribution in [3.05, 3.63) is 145 Å². The van der Waals surface area contributed by atoms with Crippen LogP contribution in [0.2, 0.25) is 13.1 Å². The number of hydrogen-bond donors (Lipinski definition) is 0. The van der Waals surface area contributed by atoms with Crippen LogP contribution in [0.4, 0.5) is 0 Å². The van der Waals surface area contributed by atoms with Gasteiger partial charge in [-0.15, -0.1) is 17.4 Å². The highest BCUT2D eigenvalue weighted by Gasteiger charge is 2.25. The highest BCUT2D eigenvalue weighted by molar-refractivity contribution is 6.55. The molecule has 0 spiro atoms. The molecule has 0 saturated heterocycles. The smallest absolute Gasteiger partial charge is 0.168 e. The fourth-order valence-corrected chi connectivity index (χ4v) is 6.85. The summed E-state index contributed by atoms with van der Waals surface area (Å²) in [4.78, 5) is 10.7. The Kier molecular flexibility index (Phi) is 8.62. The third-order valence-electron chi connectivity index (χ3n) is 9.18.